The fourth-order valence-electron chi connectivity index (χ4n) is 2.08. The Bertz CT molecular complexity index is 749. The second-order valence-electron chi connectivity index (χ2n) is 5.10. The maximum Gasteiger partial charge on any atom is 0.223 e. The molecule has 0 atom stereocenters. The molecule has 0 aliphatic carbocycles. The Labute approximate surface area is 128 Å². The lowest BCUT2D eigenvalue weighted by molar-refractivity contribution is 0.460. The van der Waals surface area contributed by atoms with Gasteiger partial charge in [0.1, 0.15) is 11.6 Å². The van der Waals surface area contributed by atoms with E-state index in [-0.39, 0.29) is 6.04 Å². The SMILES string of the molecule is CC(C)Nc1nccc(C(C#N)=C2Nc3ccccc3O2)n1. The van der Waals surface area contributed by atoms with E-state index >= 15 is 0 Å². The summed E-state index contributed by atoms with van der Waals surface area (Å²) in [6.07, 6.45) is 1.62. The molecule has 6 nitrogen and oxygen atoms in total. The highest BCUT2D eigenvalue weighted by atomic mass is 16.5. The van der Waals surface area contributed by atoms with E-state index in [4.69, 9.17) is 4.74 Å². The van der Waals surface area contributed by atoms with Crippen molar-refractivity contribution in [2.45, 2.75) is 19.9 Å². The highest BCUT2D eigenvalue weighted by Crippen LogP contribution is 2.35. The summed E-state index contributed by atoms with van der Waals surface area (Å²) in [5.41, 5.74) is 1.68. The lowest BCUT2D eigenvalue weighted by Gasteiger charge is -2.09. The topological polar surface area (TPSA) is 82.9 Å². The number of hydrogen-bond donors (Lipinski definition) is 2. The van der Waals surface area contributed by atoms with Crippen LogP contribution in [0.15, 0.2) is 42.4 Å². The van der Waals surface area contributed by atoms with Crippen LogP contribution in [0.25, 0.3) is 5.57 Å². The van der Waals surface area contributed by atoms with Crippen molar-refractivity contribution < 1.29 is 4.74 Å². The predicted molar refractivity (Wildman–Crippen MR) is 84.0 cm³/mol. The number of fused-ring (bicyclic) bond motifs is 1. The first-order valence-corrected chi connectivity index (χ1v) is 6.95. The zero-order valence-corrected chi connectivity index (χ0v) is 12.3. The standard InChI is InChI=1S/C16H15N5O/c1-10(2)19-16-18-8-7-12(21-16)11(9-17)15-20-13-5-3-4-6-14(13)22-15/h3-8,10,20H,1-2H3,(H,18,19,21). The summed E-state index contributed by atoms with van der Waals surface area (Å²) in [7, 11) is 0. The molecule has 1 aliphatic heterocycles. The first-order chi connectivity index (χ1) is 10.7. The summed E-state index contributed by atoms with van der Waals surface area (Å²) in [6.45, 7) is 4.00. The van der Waals surface area contributed by atoms with Gasteiger partial charge in [0.15, 0.2) is 5.75 Å². The van der Waals surface area contributed by atoms with Gasteiger partial charge in [0.05, 0.1) is 11.4 Å². The molecular formula is C16H15N5O. The van der Waals surface area contributed by atoms with Crippen LogP contribution in [0.4, 0.5) is 11.6 Å². The van der Waals surface area contributed by atoms with Crippen LogP contribution < -0.4 is 15.4 Å². The molecule has 1 aromatic carbocycles. The van der Waals surface area contributed by atoms with Crippen LogP contribution in [-0.2, 0) is 0 Å². The van der Waals surface area contributed by atoms with Crippen LogP contribution in [0.2, 0.25) is 0 Å². The monoisotopic (exact) mass is 293 g/mol. The summed E-state index contributed by atoms with van der Waals surface area (Å²) in [5, 5.41) is 15.7. The molecule has 0 saturated carbocycles. The number of rotatable bonds is 3. The molecule has 0 amide bonds. The van der Waals surface area contributed by atoms with E-state index in [1.54, 1.807) is 12.3 Å². The molecule has 0 spiro atoms. The molecule has 22 heavy (non-hydrogen) atoms. The number of nitriles is 1. The maximum atomic E-state index is 9.48. The molecule has 2 heterocycles. The van der Waals surface area contributed by atoms with Crippen molar-refractivity contribution >= 4 is 17.2 Å². The number of ether oxygens (including phenoxy) is 1. The van der Waals surface area contributed by atoms with Gasteiger partial charge in [-0.1, -0.05) is 12.1 Å². The first-order valence-electron chi connectivity index (χ1n) is 6.95. The third-order valence-electron chi connectivity index (χ3n) is 3.02. The Hall–Kier alpha value is -3.07. The second kappa shape index (κ2) is 5.74. The van der Waals surface area contributed by atoms with Crippen molar-refractivity contribution in [3.63, 3.8) is 0 Å². The van der Waals surface area contributed by atoms with E-state index in [1.165, 1.54) is 0 Å². The number of aromatic nitrogens is 2. The van der Waals surface area contributed by atoms with Crippen molar-refractivity contribution in [1.82, 2.24) is 9.97 Å². The number of benzene rings is 1. The lowest BCUT2D eigenvalue weighted by Crippen LogP contribution is -2.13. The van der Waals surface area contributed by atoms with Crippen LogP contribution in [0.5, 0.6) is 5.75 Å². The van der Waals surface area contributed by atoms with Gasteiger partial charge in [-0.25, -0.2) is 9.97 Å². The molecule has 3 rings (SSSR count). The van der Waals surface area contributed by atoms with E-state index in [0.29, 0.717) is 28.8 Å². The quantitative estimate of drug-likeness (QED) is 0.846. The van der Waals surface area contributed by atoms with Crippen molar-refractivity contribution in [2.75, 3.05) is 10.6 Å². The highest BCUT2D eigenvalue weighted by molar-refractivity contribution is 5.81. The van der Waals surface area contributed by atoms with Gasteiger partial charge in [-0.05, 0) is 32.0 Å². The Morgan fingerprint density at radius 2 is 2.14 bits per heavy atom. The van der Waals surface area contributed by atoms with Gasteiger partial charge in [-0.3, -0.25) is 0 Å². The third kappa shape index (κ3) is 2.69. The van der Waals surface area contributed by atoms with Gasteiger partial charge in [-0.2, -0.15) is 5.26 Å². The number of nitrogens with zero attached hydrogens (tertiary/aromatic N) is 3. The van der Waals surface area contributed by atoms with Crippen LogP contribution in [-0.4, -0.2) is 16.0 Å². The molecule has 0 radical (unpaired) electrons. The molecule has 2 N–H and O–H groups in total. The highest BCUT2D eigenvalue weighted by Gasteiger charge is 2.21. The normalized spacial score (nSPS) is 14.6. The molecule has 0 bridgehead atoms. The minimum Gasteiger partial charge on any atom is -0.437 e. The summed E-state index contributed by atoms with van der Waals surface area (Å²) >= 11 is 0. The Morgan fingerprint density at radius 1 is 1.32 bits per heavy atom. The molecule has 2 aromatic rings. The molecule has 0 saturated heterocycles. The van der Waals surface area contributed by atoms with Crippen molar-refractivity contribution in [1.29, 1.82) is 5.26 Å². The minimum absolute atomic E-state index is 0.207. The van der Waals surface area contributed by atoms with E-state index < -0.39 is 0 Å². The minimum atomic E-state index is 0.207. The Kier molecular flexibility index (Phi) is 3.62. The number of para-hydroxylation sites is 2. The summed E-state index contributed by atoms with van der Waals surface area (Å²) in [5.74, 6) is 1.56. The van der Waals surface area contributed by atoms with Gasteiger partial charge < -0.3 is 15.4 Å². The fourth-order valence-corrected chi connectivity index (χ4v) is 2.08. The zero-order chi connectivity index (χ0) is 15.5. The number of anilines is 2. The van der Waals surface area contributed by atoms with E-state index in [9.17, 15) is 5.26 Å². The number of nitrogens with one attached hydrogen (secondary N) is 2. The molecule has 6 heteroatoms. The molecule has 110 valence electrons. The number of hydrogen-bond acceptors (Lipinski definition) is 6. The third-order valence-corrected chi connectivity index (χ3v) is 3.02. The lowest BCUT2D eigenvalue weighted by atomic mass is 10.2. The average Bonchev–Trinajstić information content (AvgIpc) is 2.91. The van der Waals surface area contributed by atoms with Crippen LogP contribution >= 0.6 is 0 Å². The van der Waals surface area contributed by atoms with E-state index in [0.717, 1.165) is 5.69 Å². The second-order valence-corrected chi connectivity index (χ2v) is 5.10. The van der Waals surface area contributed by atoms with Crippen LogP contribution in [0, 0.1) is 11.3 Å². The van der Waals surface area contributed by atoms with Gasteiger partial charge in [0, 0.05) is 12.2 Å². The largest absolute Gasteiger partial charge is 0.437 e. The van der Waals surface area contributed by atoms with E-state index in [2.05, 4.69) is 26.7 Å². The smallest absolute Gasteiger partial charge is 0.223 e. The molecule has 1 aliphatic rings. The van der Waals surface area contributed by atoms with Crippen molar-refractivity contribution in [2.24, 2.45) is 0 Å². The zero-order valence-electron chi connectivity index (χ0n) is 12.3. The maximum absolute atomic E-state index is 9.48. The van der Waals surface area contributed by atoms with Crippen LogP contribution in [0.3, 0.4) is 0 Å². The average molecular weight is 293 g/mol. The summed E-state index contributed by atoms with van der Waals surface area (Å²) < 4.78 is 5.70. The summed E-state index contributed by atoms with van der Waals surface area (Å²) in [4.78, 5) is 8.52. The van der Waals surface area contributed by atoms with Gasteiger partial charge >= 0.3 is 0 Å². The fraction of sp³-hybridized carbons (Fsp3) is 0.188. The van der Waals surface area contributed by atoms with Crippen molar-refractivity contribution in [3.8, 4) is 11.8 Å². The number of allylic oxidation sites excluding steroid dienone is 1. The predicted octanol–water partition coefficient (Wildman–Crippen LogP) is 2.99. The first kappa shape index (κ1) is 13.9. The van der Waals surface area contributed by atoms with Crippen molar-refractivity contribution in [3.05, 3.63) is 48.1 Å². The van der Waals surface area contributed by atoms with Crippen LogP contribution in [0.1, 0.15) is 19.5 Å². The van der Waals surface area contributed by atoms with Gasteiger partial charge in [0.25, 0.3) is 0 Å². The molecular weight excluding hydrogens is 278 g/mol. The van der Waals surface area contributed by atoms with E-state index in [1.807, 2.05) is 38.1 Å². The van der Waals surface area contributed by atoms with Gasteiger partial charge in [-0.15, -0.1) is 0 Å². The van der Waals surface area contributed by atoms with Gasteiger partial charge in [0.2, 0.25) is 11.8 Å². The Balaban J connectivity index is 1.96. The molecule has 0 unspecified atom stereocenters. The molecule has 1 aromatic heterocycles. The molecule has 0 fully saturated rings. The summed E-state index contributed by atoms with van der Waals surface area (Å²) in [6, 6.07) is 11.6. The Morgan fingerprint density at radius 3 is 2.86 bits per heavy atom.